The van der Waals surface area contributed by atoms with E-state index >= 15 is 0 Å². The number of rotatable bonds is 3. The second-order valence-electron chi connectivity index (χ2n) is 7.46. The van der Waals surface area contributed by atoms with Crippen LogP contribution in [0.1, 0.15) is 11.1 Å². The Morgan fingerprint density at radius 1 is 0.903 bits per heavy atom. The summed E-state index contributed by atoms with van der Waals surface area (Å²) in [6, 6.07) is 22.1. The summed E-state index contributed by atoms with van der Waals surface area (Å²) in [6.07, 6.45) is 0. The average Bonchev–Trinajstić information content (AvgIpc) is 3.20. The van der Waals surface area contributed by atoms with E-state index < -0.39 is 5.63 Å². The first kappa shape index (κ1) is 19.4. The monoisotopic (exact) mass is 427 g/mol. The summed E-state index contributed by atoms with van der Waals surface area (Å²) in [6.45, 7) is 3.85. The predicted octanol–water partition coefficient (Wildman–Crippen LogP) is 7.01. The number of fused-ring (bicyclic) bond motifs is 1. The summed E-state index contributed by atoms with van der Waals surface area (Å²) in [5.74, 6) is -0.377. The van der Waals surface area contributed by atoms with E-state index in [2.05, 4.69) is 0 Å². The lowest BCUT2D eigenvalue weighted by molar-refractivity contribution is 0.559. The lowest BCUT2D eigenvalue weighted by Crippen LogP contribution is -2.07. The molecule has 5 rings (SSSR count). The van der Waals surface area contributed by atoms with Crippen LogP contribution in [-0.2, 0) is 0 Å². The van der Waals surface area contributed by atoms with E-state index in [0.29, 0.717) is 27.8 Å². The SMILES string of the molecule is Cc1ccc(-c2sc(-c3ccccc3)nc2-c2c(C)c3cc(F)ccc3oc2=O)cc1. The van der Waals surface area contributed by atoms with Gasteiger partial charge in [0.2, 0.25) is 0 Å². The summed E-state index contributed by atoms with van der Waals surface area (Å²) in [7, 11) is 0. The second kappa shape index (κ2) is 7.60. The van der Waals surface area contributed by atoms with Gasteiger partial charge in [-0.05, 0) is 43.2 Å². The normalized spacial score (nSPS) is 11.2. The third kappa shape index (κ3) is 3.47. The summed E-state index contributed by atoms with van der Waals surface area (Å²) in [5, 5.41) is 1.38. The molecule has 152 valence electrons. The Labute approximate surface area is 182 Å². The molecule has 0 saturated heterocycles. The minimum Gasteiger partial charge on any atom is -0.422 e. The molecular weight excluding hydrogens is 409 g/mol. The average molecular weight is 428 g/mol. The van der Waals surface area contributed by atoms with Crippen LogP contribution in [0.3, 0.4) is 0 Å². The van der Waals surface area contributed by atoms with Crippen LogP contribution in [0.4, 0.5) is 4.39 Å². The van der Waals surface area contributed by atoms with E-state index in [9.17, 15) is 9.18 Å². The highest BCUT2D eigenvalue weighted by atomic mass is 32.1. The third-order valence-corrected chi connectivity index (χ3v) is 6.48. The van der Waals surface area contributed by atoms with Gasteiger partial charge in [-0.2, -0.15) is 0 Å². The van der Waals surface area contributed by atoms with Crippen molar-refractivity contribution in [3.8, 4) is 32.3 Å². The van der Waals surface area contributed by atoms with Gasteiger partial charge in [0.05, 0.1) is 16.1 Å². The maximum absolute atomic E-state index is 13.9. The smallest absolute Gasteiger partial charge is 0.346 e. The van der Waals surface area contributed by atoms with Crippen molar-refractivity contribution in [2.75, 3.05) is 0 Å². The molecule has 3 nitrogen and oxygen atoms in total. The van der Waals surface area contributed by atoms with Crippen molar-refractivity contribution >= 4 is 22.3 Å². The van der Waals surface area contributed by atoms with Crippen molar-refractivity contribution < 1.29 is 8.81 Å². The zero-order chi connectivity index (χ0) is 21.5. The van der Waals surface area contributed by atoms with Crippen LogP contribution in [0.2, 0.25) is 0 Å². The standard InChI is InChI=1S/C26H18FNO2S/c1-15-8-10-17(11-9-15)24-23(28-25(31-24)18-6-4-3-5-7-18)22-16(2)20-14-19(27)12-13-21(20)30-26(22)29/h3-14H,1-2H3. The van der Waals surface area contributed by atoms with E-state index in [-0.39, 0.29) is 5.82 Å². The van der Waals surface area contributed by atoms with Crippen molar-refractivity contribution in [1.29, 1.82) is 0 Å². The lowest BCUT2D eigenvalue weighted by atomic mass is 10.0. The Balaban J connectivity index is 1.82. The molecule has 0 saturated carbocycles. The first-order valence-electron chi connectivity index (χ1n) is 9.88. The number of aryl methyl sites for hydroxylation is 2. The quantitative estimate of drug-likeness (QED) is 0.291. The molecule has 3 aromatic carbocycles. The second-order valence-corrected chi connectivity index (χ2v) is 8.46. The van der Waals surface area contributed by atoms with Crippen molar-refractivity contribution in [1.82, 2.24) is 4.98 Å². The van der Waals surface area contributed by atoms with Crippen molar-refractivity contribution in [3.63, 3.8) is 0 Å². The lowest BCUT2D eigenvalue weighted by Gasteiger charge is -2.08. The maximum Gasteiger partial charge on any atom is 0.346 e. The molecule has 0 aliphatic carbocycles. The molecule has 2 heterocycles. The predicted molar refractivity (Wildman–Crippen MR) is 124 cm³/mol. The number of thiazole rings is 1. The van der Waals surface area contributed by atoms with Gasteiger partial charge >= 0.3 is 5.63 Å². The summed E-state index contributed by atoms with van der Waals surface area (Å²) < 4.78 is 19.5. The highest BCUT2D eigenvalue weighted by Gasteiger charge is 2.22. The van der Waals surface area contributed by atoms with Gasteiger partial charge in [-0.3, -0.25) is 0 Å². The Bertz CT molecular complexity index is 1470. The number of aromatic nitrogens is 1. The molecule has 0 N–H and O–H groups in total. The fourth-order valence-corrected chi connectivity index (χ4v) is 4.77. The van der Waals surface area contributed by atoms with Crippen LogP contribution in [-0.4, -0.2) is 4.98 Å². The minimum absolute atomic E-state index is 0.364. The minimum atomic E-state index is -0.477. The van der Waals surface area contributed by atoms with E-state index in [1.807, 2.05) is 68.4 Å². The van der Waals surface area contributed by atoms with Gasteiger partial charge in [0.15, 0.2) is 0 Å². The van der Waals surface area contributed by atoms with Gasteiger partial charge in [0.1, 0.15) is 16.4 Å². The number of hydrogen-bond acceptors (Lipinski definition) is 4. The molecule has 0 fully saturated rings. The highest BCUT2D eigenvalue weighted by Crippen LogP contribution is 2.41. The summed E-state index contributed by atoms with van der Waals surface area (Å²) in [4.78, 5) is 18.8. The van der Waals surface area contributed by atoms with E-state index in [1.165, 1.54) is 29.5 Å². The maximum atomic E-state index is 13.9. The Morgan fingerprint density at radius 2 is 1.65 bits per heavy atom. The van der Waals surface area contributed by atoms with E-state index in [1.54, 1.807) is 0 Å². The molecule has 0 unspecified atom stereocenters. The molecule has 31 heavy (non-hydrogen) atoms. The van der Waals surface area contributed by atoms with Crippen molar-refractivity contribution in [2.45, 2.75) is 13.8 Å². The molecule has 0 radical (unpaired) electrons. The fraction of sp³-hybridized carbons (Fsp3) is 0.0769. The Morgan fingerprint density at radius 3 is 2.39 bits per heavy atom. The van der Waals surface area contributed by atoms with Gasteiger partial charge in [0.25, 0.3) is 0 Å². The van der Waals surface area contributed by atoms with Gasteiger partial charge < -0.3 is 4.42 Å². The van der Waals surface area contributed by atoms with Gasteiger partial charge in [-0.1, -0.05) is 60.2 Å². The number of nitrogens with zero attached hydrogens (tertiary/aromatic N) is 1. The van der Waals surface area contributed by atoms with Crippen LogP contribution in [0.5, 0.6) is 0 Å². The molecule has 2 aromatic heterocycles. The third-order valence-electron chi connectivity index (χ3n) is 5.33. The molecule has 0 bridgehead atoms. The van der Waals surface area contributed by atoms with Crippen LogP contribution in [0.25, 0.3) is 43.2 Å². The topological polar surface area (TPSA) is 43.1 Å². The zero-order valence-electron chi connectivity index (χ0n) is 17.0. The number of hydrogen-bond donors (Lipinski definition) is 0. The fourth-order valence-electron chi connectivity index (χ4n) is 3.69. The molecule has 0 atom stereocenters. The molecule has 0 amide bonds. The van der Waals surface area contributed by atoms with Gasteiger partial charge in [-0.15, -0.1) is 11.3 Å². The van der Waals surface area contributed by atoms with Crippen LogP contribution >= 0.6 is 11.3 Å². The van der Waals surface area contributed by atoms with Crippen molar-refractivity contribution in [3.05, 3.63) is 100 Å². The van der Waals surface area contributed by atoms with Gasteiger partial charge in [0, 0.05) is 10.9 Å². The zero-order valence-corrected chi connectivity index (χ0v) is 17.8. The highest BCUT2D eigenvalue weighted by molar-refractivity contribution is 7.19. The van der Waals surface area contributed by atoms with Crippen LogP contribution in [0.15, 0.2) is 82.0 Å². The Kier molecular flexibility index (Phi) is 4.75. The van der Waals surface area contributed by atoms with Crippen LogP contribution < -0.4 is 5.63 Å². The van der Waals surface area contributed by atoms with E-state index in [0.717, 1.165) is 26.6 Å². The molecule has 5 aromatic rings. The molecule has 0 aliphatic heterocycles. The van der Waals surface area contributed by atoms with Crippen LogP contribution in [0, 0.1) is 19.7 Å². The van der Waals surface area contributed by atoms with Gasteiger partial charge in [-0.25, -0.2) is 14.2 Å². The molecular formula is C26H18FNO2S. The Hall–Kier alpha value is -3.57. The molecule has 0 spiro atoms. The number of halogens is 1. The number of benzene rings is 3. The first-order valence-corrected chi connectivity index (χ1v) is 10.7. The summed E-state index contributed by atoms with van der Waals surface area (Å²) >= 11 is 1.53. The van der Waals surface area contributed by atoms with Crippen molar-refractivity contribution in [2.24, 2.45) is 0 Å². The largest absolute Gasteiger partial charge is 0.422 e. The first-order chi connectivity index (χ1) is 15.0. The molecule has 0 aliphatic rings. The summed E-state index contributed by atoms with van der Waals surface area (Å²) in [5.41, 5.74) is 4.56. The van der Waals surface area contributed by atoms with E-state index in [4.69, 9.17) is 9.40 Å². The molecule has 5 heteroatoms.